The van der Waals surface area contributed by atoms with E-state index in [0.717, 1.165) is 21.9 Å². The fraction of sp³-hybridized carbons (Fsp3) is 0. The molecule has 0 unspecified atom stereocenters. The van der Waals surface area contributed by atoms with E-state index in [1.165, 1.54) is 10.8 Å². The molecule has 0 aliphatic rings. The summed E-state index contributed by atoms with van der Waals surface area (Å²) >= 11 is 0. The molecule has 0 atom stereocenters. The van der Waals surface area contributed by atoms with Gasteiger partial charge in [-0.2, -0.15) is 0 Å². The molecule has 0 aliphatic carbocycles. The molecule has 0 saturated carbocycles. The molecule has 0 saturated heterocycles. The van der Waals surface area contributed by atoms with Gasteiger partial charge in [-0.25, -0.2) is 15.0 Å². The van der Waals surface area contributed by atoms with Gasteiger partial charge in [0, 0.05) is 27.5 Å². The Morgan fingerprint density at radius 3 is 1.87 bits per heavy atom. The van der Waals surface area contributed by atoms with E-state index in [-0.39, 0.29) is 23.0 Å². The van der Waals surface area contributed by atoms with Crippen molar-refractivity contribution in [1.82, 2.24) is 15.0 Å². The number of furan rings is 1. The monoisotopic (exact) mass is 581 g/mol. The first-order chi connectivity index (χ1) is 24.7. The highest BCUT2D eigenvalue weighted by molar-refractivity contribution is 6.11. The second-order valence-electron chi connectivity index (χ2n) is 10.8. The number of hydrogen-bond donors (Lipinski definition) is 0. The summed E-state index contributed by atoms with van der Waals surface area (Å²) in [4.78, 5) is 14.4. The van der Waals surface area contributed by atoms with Gasteiger partial charge in [-0.3, -0.25) is 0 Å². The Labute approximate surface area is 267 Å². The quantitative estimate of drug-likeness (QED) is 0.207. The van der Waals surface area contributed by atoms with Crippen LogP contribution in [0.15, 0.2) is 156 Å². The third-order valence-corrected chi connectivity index (χ3v) is 8.12. The summed E-state index contributed by atoms with van der Waals surface area (Å²) < 4.78 is 56.5. The zero-order valence-corrected chi connectivity index (χ0v) is 23.7. The number of fused-ring (bicyclic) bond motifs is 5. The van der Waals surface area contributed by atoms with E-state index >= 15 is 0 Å². The molecule has 4 heteroatoms. The van der Waals surface area contributed by atoms with Crippen molar-refractivity contribution < 1.29 is 12.6 Å². The standard InChI is InChI=1S/C41H25N3O/c1-2-10-27(11-3-1)39-42-40(44-41(43-39)35-14-8-16-37-38(35)34-13-6-7-15-36(34)45-37)33-22-21-31-24-30(19-20-32(31)25-33)29-18-17-26-9-4-5-12-28(26)23-29/h1-25H/i1D,2D,3D,6D,10D,11D. The fourth-order valence-corrected chi connectivity index (χ4v) is 5.93. The Hall–Kier alpha value is -6.13. The molecule has 4 nitrogen and oxygen atoms in total. The lowest BCUT2D eigenvalue weighted by atomic mass is 9.98. The summed E-state index contributed by atoms with van der Waals surface area (Å²) in [6.45, 7) is 0. The van der Waals surface area contributed by atoms with Gasteiger partial charge >= 0.3 is 0 Å². The first-order valence-corrected chi connectivity index (χ1v) is 14.5. The van der Waals surface area contributed by atoms with Crippen LogP contribution in [0.4, 0.5) is 0 Å². The molecule has 0 N–H and O–H groups in total. The third kappa shape index (κ3) is 4.43. The number of benzene rings is 7. The summed E-state index contributed by atoms with van der Waals surface area (Å²) in [5.41, 5.74) is 4.51. The Morgan fingerprint density at radius 1 is 0.444 bits per heavy atom. The minimum atomic E-state index is -0.498. The predicted molar refractivity (Wildman–Crippen MR) is 184 cm³/mol. The zero-order valence-electron chi connectivity index (χ0n) is 29.7. The van der Waals surface area contributed by atoms with Gasteiger partial charge in [-0.1, -0.05) is 121 Å². The maximum Gasteiger partial charge on any atom is 0.164 e. The van der Waals surface area contributed by atoms with Crippen LogP contribution in [0.3, 0.4) is 0 Å². The van der Waals surface area contributed by atoms with Gasteiger partial charge in [0.25, 0.3) is 0 Å². The van der Waals surface area contributed by atoms with Crippen molar-refractivity contribution in [1.29, 1.82) is 0 Å². The molecule has 0 amide bonds. The largest absolute Gasteiger partial charge is 0.456 e. The second kappa shape index (κ2) is 10.2. The highest BCUT2D eigenvalue weighted by Gasteiger charge is 2.17. The van der Waals surface area contributed by atoms with Crippen molar-refractivity contribution in [3.63, 3.8) is 0 Å². The molecule has 0 spiro atoms. The van der Waals surface area contributed by atoms with Crippen LogP contribution in [0.2, 0.25) is 0 Å². The van der Waals surface area contributed by atoms with Crippen molar-refractivity contribution in [3.8, 4) is 45.3 Å². The molecule has 45 heavy (non-hydrogen) atoms. The first kappa shape index (κ1) is 19.9. The van der Waals surface area contributed by atoms with E-state index in [2.05, 4.69) is 48.5 Å². The smallest absolute Gasteiger partial charge is 0.164 e. The van der Waals surface area contributed by atoms with Crippen molar-refractivity contribution in [2.45, 2.75) is 0 Å². The van der Waals surface area contributed by atoms with Crippen molar-refractivity contribution in [3.05, 3.63) is 152 Å². The third-order valence-electron chi connectivity index (χ3n) is 8.12. The van der Waals surface area contributed by atoms with Crippen LogP contribution < -0.4 is 0 Å². The SMILES string of the molecule is [2H]c1ccc2oc3cccc(-c4nc(-c5ccc6cc(-c7ccc8ccccc8c7)ccc6c5)nc(-c5c([2H])c([2H])c([2H])c([2H])c5[2H])n4)c3c2c1. The average Bonchev–Trinajstić information content (AvgIpc) is 3.53. The van der Waals surface area contributed by atoms with E-state index in [9.17, 15) is 0 Å². The van der Waals surface area contributed by atoms with E-state index < -0.39 is 30.2 Å². The molecule has 0 radical (unpaired) electrons. The van der Waals surface area contributed by atoms with Gasteiger partial charge < -0.3 is 4.42 Å². The van der Waals surface area contributed by atoms with E-state index in [1.54, 1.807) is 18.2 Å². The molecular weight excluding hydrogens is 550 g/mol. The van der Waals surface area contributed by atoms with Crippen LogP contribution in [-0.2, 0) is 0 Å². The van der Waals surface area contributed by atoms with Gasteiger partial charge in [0.2, 0.25) is 0 Å². The Morgan fingerprint density at radius 2 is 1.07 bits per heavy atom. The summed E-state index contributed by atoms with van der Waals surface area (Å²) in [6, 6.07) is 35.6. The number of hydrogen-bond acceptors (Lipinski definition) is 4. The molecular formula is C41H25N3O. The van der Waals surface area contributed by atoms with Crippen LogP contribution in [0, 0.1) is 0 Å². The number of aromatic nitrogens is 3. The molecule has 9 aromatic rings. The second-order valence-corrected chi connectivity index (χ2v) is 10.8. The van der Waals surface area contributed by atoms with Gasteiger partial charge in [0.15, 0.2) is 17.5 Å². The summed E-state index contributed by atoms with van der Waals surface area (Å²) in [7, 11) is 0. The van der Waals surface area contributed by atoms with E-state index in [4.69, 9.17) is 27.6 Å². The Kier molecular flexibility index (Phi) is 4.54. The van der Waals surface area contributed by atoms with E-state index in [0.29, 0.717) is 39.1 Å². The highest BCUT2D eigenvalue weighted by Crippen LogP contribution is 2.37. The molecule has 2 heterocycles. The van der Waals surface area contributed by atoms with Crippen LogP contribution in [0.5, 0.6) is 0 Å². The Balaban J connectivity index is 1.24. The molecule has 0 bridgehead atoms. The zero-order chi connectivity index (χ0) is 35.0. The summed E-state index contributed by atoms with van der Waals surface area (Å²) in [5, 5.41) is 5.74. The number of nitrogens with zero attached hydrogens (tertiary/aromatic N) is 3. The van der Waals surface area contributed by atoms with Gasteiger partial charge in [-0.05, 0) is 63.0 Å². The number of rotatable bonds is 4. The average molecular weight is 582 g/mol. The topological polar surface area (TPSA) is 51.8 Å². The molecule has 210 valence electrons. The summed E-state index contributed by atoms with van der Waals surface area (Å²) in [5.74, 6) is 0.454. The number of para-hydroxylation sites is 1. The van der Waals surface area contributed by atoms with Crippen molar-refractivity contribution in [2.75, 3.05) is 0 Å². The normalized spacial score (nSPS) is 13.4. The highest BCUT2D eigenvalue weighted by atomic mass is 16.3. The van der Waals surface area contributed by atoms with E-state index in [1.807, 2.05) is 48.5 Å². The van der Waals surface area contributed by atoms with Crippen molar-refractivity contribution in [2.24, 2.45) is 0 Å². The Bertz CT molecular complexity index is 2880. The molecule has 2 aromatic heterocycles. The van der Waals surface area contributed by atoms with Crippen LogP contribution in [0.1, 0.15) is 8.22 Å². The van der Waals surface area contributed by atoms with Crippen LogP contribution in [0.25, 0.3) is 88.8 Å². The lowest BCUT2D eigenvalue weighted by Crippen LogP contribution is -2.00. The fourth-order valence-electron chi connectivity index (χ4n) is 5.93. The maximum atomic E-state index is 8.70. The van der Waals surface area contributed by atoms with Gasteiger partial charge in [0.1, 0.15) is 11.2 Å². The molecule has 0 aliphatic heterocycles. The van der Waals surface area contributed by atoms with Crippen molar-refractivity contribution >= 4 is 43.5 Å². The molecule has 0 fully saturated rings. The van der Waals surface area contributed by atoms with Crippen LogP contribution in [-0.4, -0.2) is 15.0 Å². The minimum absolute atomic E-state index is 0.0512. The lowest BCUT2D eigenvalue weighted by molar-refractivity contribution is 0.669. The minimum Gasteiger partial charge on any atom is -0.456 e. The summed E-state index contributed by atoms with van der Waals surface area (Å²) in [6.07, 6.45) is 0. The first-order valence-electron chi connectivity index (χ1n) is 17.5. The maximum absolute atomic E-state index is 8.70. The van der Waals surface area contributed by atoms with Crippen LogP contribution >= 0.6 is 0 Å². The van der Waals surface area contributed by atoms with Gasteiger partial charge in [-0.15, -0.1) is 0 Å². The van der Waals surface area contributed by atoms with Gasteiger partial charge in [0.05, 0.1) is 8.22 Å². The lowest BCUT2D eigenvalue weighted by Gasteiger charge is -2.10. The molecule has 9 rings (SSSR count). The predicted octanol–water partition coefficient (Wildman–Crippen LogP) is 10.7. The molecule has 7 aromatic carbocycles.